The summed E-state index contributed by atoms with van der Waals surface area (Å²) in [6.07, 6.45) is 0. The van der Waals surface area contributed by atoms with Crippen molar-refractivity contribution in [1.82, 2.24) is 4.98 Å². The number of hydrogen-bond acceptors (Lipinski definition) is 6. The molecule has 2 aromatic rings. The Labute approximate surface area is 130 Å². The Balaban J connectivity index is 1.96. The molecule has 23 heavy (non-hydrogen) atoms. The summed E-state index contributed by atoms with van der Waals surface area (Å²) in [6.45, 7) is 0.240. The highest BCUT2D eigenvalue weighted by atomic mass is 16.6. The van der Waals surface area contributed by atoms with E-state index in [1.165, 1.54) is 30.2 Å². The van der Waals surface area contributed by atoms with Gasteiger partial charge in [-0.25, -0.2) is 9.78 Å². The number of nitro groups is 1. The third-order valence-electron chi connectivity index (χ3n) is 3.51. The van der Waals surface area contributed by atoms with E-state index in [1.54, 1.807) is 18.2 Å². The van der Waals surface area contributed by atoms with Gasteiger partial charge in [-0.1, -0.05) is 6.07 Å². The van der Waals surface area contributed by atoms with Gasteiger partial charge in [0.05, 0.1) is 24.1 Å². The van der Waals surface area contributed by atoms with Crippen LogP contribution in [-0.2, 0) is 11.3 Å². The van der Waals surface area contributed by atoms with Crippen LogP contribution in [0.15, 0.2) is 36.4 Å². The maximum Gasteiger partial charge on any atom is 0.356 e. The number of ether oxygens (including phenoxy) is 1. The predicted molar refractivity (Wildman–Crippen MR) is 79.2 cm³/mol. The van der Waals surface area contributed by atoms with Gasteiger partial charge in [-0.3, -0.25) is 19.8 Å². The van der Waals surface area contributed by atoms with Crippen molar-refractivity contribution < 1.29 is 19.2 Å². The van der Waals surface area contributed by atoms with Crippen molar-refractivity contribution in [2.45, 2.75) is 6.54 Å². The number of rotatable bonds is 3. The third kappa shape index (κ3) is 2.50. The molecule has 1 aromatic carbocycles. The minimum atomic E-state index is -0.605. The van der Waals surface area contributed by atoms with Crippen molar-refractivity contribution in [3.8, 4) is 0 Å². The Morgan fingerprint density at radius 1 is 1.35 bits per heavy atom. The molecule has 8 nitrogen and oxygen atoms in total. The van der Waals surface area contributed by atoms with Crippen molar-refractivity contribution in [2.24, 2.45) is 0 Å². The molecule has 1 amide bonds. The molecule has 1 aliphatic heterocycles. The molecule has 0 spiro atoms. The van der Waals surface area contributed by atoms with Crippen molar-refractivity contribution >= 4 is 23.4 Å². The molecular formula is C15H11N3O5. The van der Waals surface area contributed by atoms with E-state index in [0.29, 0.717) is 5.56 Å². The fourth-order valence-electron chi connectivity index (χ4n) is 2.38. The molecule has 1 aliphatic rings. The molecule has 0 saturated carbocycles. The van der Waals surface area contributed by atoms with Gasteiger partial charge in [0.1, 0.15) is 5.82 Å². The zero-order valence-corrected chi connectivity index (χ0v) is 12.1. The van der Waals surface area contributed by atoms with Crippen LogP contribution in [0.5, 0.6) is 0 Å². The molecule has 0 radical (unpaired) electrons. The van der Waals surface area contributed by atoms with Crippen molar-refractivity contribution in [2.75, 3.05) is 12.0 Å². The minimum absolute atomic E-state index is 0.0831. The maximum atomic E-state index is 12.5. The summed E-state index contributed by atoms with van der Waals surface area (Å²) in [5.41, 5.74) is 0.880. The topological polar surface area (TPSA) is 103 Å². The van der Waals surface area contributed by atoms with Gasteiger partial charge < -0.3 is 4.74 Å². The van der Waals surface area contributed by atoms with Crippen LogP contribution in [0.4, 0.5) is 11.5 Å². The van der Waals surface area contributed by atoms with Gasteiger partial charge >= 0.3 is 5.97 Å². The fourth-order valence-corrected chi connectivity index (χ4v) is 2.38. The Bertz CT molecular complexity index is 834. The minimum Gasteiger partial charge on any atom is -0.464 e. The molecule has 116 valence electrons. The first kappa shape index (κ1) is 14.6. The van der Waals surface area contributed by atoms with E-state index in [2.05, 4.69) is 9.72 Å². The van der Waals surface area contributed by atoms with Crippen molar-refractivity contribution in [3.05, 3.63) is 63.3 Å². The van der Waals surface area contributed by atoms with Crippen LogP contribution in [0.2, 0.25) is 0 Å². The van der Waals surface area contributed by atoms with E-state index in [9.17, 15) is 19.7 Å². The summed E-state index contributed by atoms with van der Waals surface area (Å²) in [5.74, 6) is -0.707. The quantitative estimate of drug-likeness (QED) is 0.487. The van der Waals surface area contributed by atoms with Crippen LogP contribution in [-0.4, -0.2) is 28.9 Å². The summed E-state index contributed by atoms with van der Waals surface area (Å²) in [6, 6.07) is 8.82. The first-order valence-electron chi connectivity index (χ1n) is 6.66. The number of pyridine rings is 1. The van der Waals surface area contributed by atoms with E-state index in [-0.39, 0.29) is 29.3 Å². The van der Waals surface area contributed by atoms with Gasteiger partial charge in [-0.05, 0) is 23.8 Å². The molecule has 0 unspecified atom stereocenters. The Morgan fingerprint density at radius 3 is 2.83 bits per heavy atom. The smallest absolute Gasteiger partial charge is 0.356 e. The summed E-state index contributed by atoms with van der Waals surface area (Å²) >= 11 is 0. The number of fused-ring (bicyclic) bond motifs is 1. The number of benzene rings is 1. The second-order valence-corrected chi connectivity index (χ2v) is 4.86. The standard InChI is InChI=1S/C15H11N3O5/c1-23-15(20)12-3-2-4-13(16-12)17-8-9-5-6-10(18(21)22)7-11(9)14(17)19/h2-7H,8H2,1H3. The molecule has 2 heterocycles. The average molecular weight is 313 g/mol. The normalized spacial score (nSPS) is 12.9. The van der Waals surface area contributed by atoms with Gasteiger partial charge in [0.2, 0.25) is 0 Å². The van der Waals surface area contributed by atoms with Gasteiger partial charge in [0.15, 0.2) is 5.69 Å². The lowest BCUT2D eigenvalue weighted by Gasteiger charge is -2.14. The van der Waals surface area contributed by atoms with E-state index in [1.807, 2.05) is 0 Å². The summed E-state index contributed by atoms with van der Waals surface area (Å²) in [7, 11) is 1.24. The molecule has 0 bridgehead atoms. The second-order valence-electron chi connectivity index (χ2n) is 4.86. The first-order valence-corrected chi connectivity index (χ1v) is 6.66. The third-order valence-corrected chi connectivity index (χ3v) is 3.51. The number of carbonyl (C=O) groups is 2. The predicted octanol–water partition coefficient (Wildman–Crippen LogP) is 1.94. The molecular weight excluding hydrogens is 302 g/mol. The molecule has 1 aromatic heterocycles. The fraction of sp³-hybridized carbons (Fsp3) is 0.133. The largest absolute Gasteiger partial charge is 0.464 e. The molecule has 3 rings (SSSR count). The molecule has 0 saturated heterocycles. The number of carbonyl (C=O) groups excluding carboxylic acids is 2. The van der Waals surface area contributed by atoms with Gasteiger partial charge in [-0.2, -0.15) is 0 Å². The number of aromatic nitrogens is 1. The van der Waals surface area contributed by atoms with Crippen LogP contribution < -0.4 is 4.90 Å². The lowest BCUT2D eigenvalue weighted by atomic mass is 10.1. The van der Waals surface area contributed by atoms with Crippen molar-refractivity contribution in [3.63, 3.8) is 0 Å². The number of non-ortho nitro benzene ring substituents is 1. The maximum absolute atomic E-state index is 12.5. The van der Waals surface area contributed by atoms with E-state index in [0.717, 1.165) is 0 Å². The SMILES string of the molecule is COC(=O)c1cccc(N2Cc3ccc([N+](=O)[O-])cc3C2=O)n1. The van der Waals surface area contributed by atoms with Crippen LogP contribution in [0, 0.1) is 10.1 Å². The highest BCUT2D eigenvalue weighted by Crippen LogP contribution is 2.29. The molecule has 0 atom stereocenters. The summed E-state index contributed by atoms with van der Waals surface area (Å²) in [5, 5.41) is 10.8. The van der Waals surface area contributed by atoms with Gasteiger partial charge in [0.25, 0.3) is 11.6 Å². The average Bonchev–Trinajstić information content (AvgIpc) is 2.90. The highest BCUT2D eigenvalue weighted by Gasteiger charge is 2.31. The molecule has 0 aliphatic carbocycles. The van der Waals surface area contributed by atoms with Crippen LogP contribution in [0.1, 0.15) is 26.4 Å². The van der Waals surface area contributed by atoms with Gasteiger partial charge in [-0.15, -0.1) is 0 Å². The Hall–Kier alpha value is -3.29. The number of esters is 1. The van der Waals surface area contributed by atoms with E-state index in [4.69, 9.17) is 0 Å². The second kappa shape index (κ2) is 5.48. The lowest BCUT2D eigenvalue weighted by Crippen LogP contribution is -2.24. The van der Waals surface area contributed by atoms with Crippen molar-refractivity contribution in [1.29, 1.82) is 0 Å². The zero-order valence-electron chi connectivity index (χ0n) is 12.1. The van der Waals surface area contributed by atoms with E-state index < -0.39 is 16.8 Å². The highest BCUT2D eigenvalue weighted by molar-refractivity contribution is 6.10. The summed E-state index contributed by atoms with van der Waals surface area (Å²) in [4.78, 5) is 39.8. The van der Waals surface area contributed by atoms with Crippen LogP contribution >= 0.6 is 0 Å². The first-order chi connectivity index (χ1) is 11.0. The van der Waals surface area contributed by atoms with Gasteiger partial charge in [0, 0.05) is 12.1 Å². The molecule has 0 N–H and O–H groups in total. The lowest BCUT2D eigenvalue weighted by molar-refractivity contribution is -0.384. The number of nitro benzene ring substituents is 1. The Kier molecular flexibility index (Phi) is 3.49. The number of amides is 1. The number of hydrogen-bond donors (Lipinski definition) is 0. The van der Waals surface area contributed by atoms with Crippen LogP contribution in [0.3, 0.4) is 0 Å². The monoisotopic (exact) mass is 313 g/mol. The Morgan fingerprint density at radius 2 is 2.13 bits per heavy atom. The summed E-state index contributed by atoms with van der Waals surface area (Å²) < 4.78 is 4.60. The number of nitrogens with zero attached hydrogens (tertiary/aromatic N) is 3. The molecule has 0 fully saturated rings. The zero-order chi connectivity index (χ0) is 16.6. The molecule has 8 heteroatoms. The van der Waals surface area contributed by atoms with Crippen LogP contribution in [0.25, 0.3) is 0 Å². The number of methoxy groups -OCH3 is 1. The van der Waals surface area contributed by atoms with E-state index >= 15 is 0 Å². The number of anilines is 1.